The number of hydrogen-bond donors (Lipinski definition) is 1. The molecule has 0 bridgehead atoms. The number of alkyl halides is 1. The molecule has 10 heteroatoms. The Morgan fingerprint density at radius 3 is 2.61 bits per heavy atom. The van der Waals surface area contributed by atoms with E-state index >= 15 is 0 Å². The molecule has 2 amide bonds. The minimum absolute atomic E-state index is 0.0245. The maximum absolute atomic E-state index is 12.1. The molecule has 2 fully saturated rings. The van der Waals surface area contributed by atoms with Gasteiger partial charge in [-0.2, -0.15) is 8.42 Å². The van der Waals surface area contributed by atoms with Gasteiger partial charge in [0.15, 0.2) is 0 Å². The van der Waals surface area contributed by atoms with Crippen LogP contribution >= 0.6 is 11.6 Å². The third-order valence-electron chi connectivity index (χ3n) is 3.83. The zero-order valence-electron chi connectivity index (χ0n) is 11.7. The van der Waals surface area contributed by atoms with E-state index in [4.69, 9.17) is 20.9 Å². The number of halogens is 1. The van der Waals surface area contributed by atoms with Gasteiger partial charge in [0.1, 0.15) is 12.6 Å². The van der Waals surface area contributed by atoms with Crippen molar-refractivity contribution in [3.63, 3.8) is 0 Å². The number of amides is 2. The lowest BCUT2D eigenvalue weighted by Crippen LogP contribution is -2.69. The molecule has 1 N–H and O–H groups in total. The predicted octanol–water partition coefficient (Wildman–Crippen LogP) is 0.628. The Labute approximate surface area is 137 Å². The number of fused-ring (bicyclic) bond motifs is 1. The Balaban J connectivity index is 1.68. The van der Waals surface area contributed by atoms with Gasteiger partial charge < -0.3 is 4.74 Å². The highest BCUT2D eigenvalue weighted by Gasteiger charge is 2.64. The third kappa shape index (κ3) is 2.75. The number of likely N-dealkylation sites (tertiary alicyclic amines) is 1. The quantitative estimate of drug-likeness (QED) is 0.481. The summed E-state index contributed by atoms with van der Waals surface area (Å²) >= 11 is 6.01. The Bertz CT molecular complexity index is 740. The monoisotopic (exact) mass is 360 g/mol. The van der Waals surface area contributed by atoms with Crippen molar-refractivity contribution in [3.05, 3.63) is 35.9 Å². The summed E-state index contributed by atoms with van der Waals surface area (Å²) in [7, 11) is -4.69. The molecule has 2 saturated heterocycles. The number of nitrogens with zero attached hydrogens (tertiary/aromatic N) is 2. The molecule has 0 saturated carbocycles. The number of benzene rings is 1. The minimum Gasteiger partial charge on any atom is -0.445 e. The Hall–Kier alpha value is -1.84. The second kappa shape index (κ2) is 5.66. The lowest BCUT2D eigenvalue weighted by atomic mass is 10.00. The summed E-state index contributed by atoms with van der Waals surface area (Å²) in [6.45, 7) is -0.0149. The van der Waals surface area contributed by atoms with Gasteiger partial charge in [-0.3, -0.25) is 14.2 Å². The first-order chi connectivity index (χ1) is 10.8. The van der Waals surface area contributed by atoms with Crippen molar-refractivity contribution >= 4 is 33.9 Å². The molecular formula is C13H13ClN2O6S. The zero-order chi connectivity index (χ0) is 16.8. The highest BCUT2D eigenvalue weighted by Crippen LogP contribution is 2.38. The fourth-order valence-corrected chi connectivity index (χ4v) is 4.17. The summed E-state index contributed by atoms with van der Waals surface area (Å²) in [6.07, 6.45) is -0.754. The summed E-state index contributed by atoms with van der Waals surface area (Å²) in [4.78, 5) is 25.1. The van der Waals surface area contributed by atoms with Crippen molar-refractivity contribution in [1.82, 2.24) is 9.21 Å². The topological polar surface area (TPSA) is 104 Å². The number of ether oxygens (including phenoxy) is 1. The minimum atomic E-state index is -4.69. The maximum Gasteiger partial charge on any atom is 0.410 e. The number of hydrogen-bond acceptors (Lipinski definition) is 5. The van der Waals surface area contributed by atoms with E-state index < -0.39 is 39.8 Å². The molecule has 2 heterocycles. The Morgan fingerprint density at radius 1 is 1.35 bits per heavy atom. The zero-order valence-corrected chi connectivity index (χ0v) is 13.3. The third-order valence-corrected chi connectivity index (χ3v) is 5.15. The summed E-state index contributed by atoms with van der Waals surface area (Å²) in [6, 6.07) is 6.97. The van der Waals surface area contributed by atoms with Gasteiger partial charge in [-0.1, -0.05) is 30.3 Å². The second-order valence-electron chi connectivity index (χ2n) is 5.26. The van der Waals surface area contributed by atoms with Crippen LogP contribution in [0.25, 0.3) is 0 Å². The van der Waals surface area contributed by atoms with Crippen molar-refractivity contribution in [2.45, 2.75) is 24.1 Å². The fraction of sp³-hybridized carbons (Fsp3) is 0.385. The molecule has 8 nitrogen and oxygen atoms in total. The molecule has 0 radical (unpaired) electrons. The van der Waals surface area contributed by atoms with Crippen LogP contribution in [-0.4, -0.2) is 58.2 Å². The van der Waals surface area contributed by atoms with Gasteiger partial charge in [0.25, 0.3) is 5.91 Å². The SMILES string of the molecule is O=C(OCc1ccccc1)N1CC(Cl)C2C1C(=O)N2S(=O)(=O)O. The first kappa shape index (κ1) is 16.0. The van der Waals surface area contributed by atoms with Gasteiger partial charge in [-0.25, -0.2) is 9.10 Å². The highest BCUT2D eigenvalue weighted by molar-refractivity contribution is 7.84. The molecule has 0 aromatic heterocycles. The van der Waals surface area contributed by atoms with Crippen LogP contribution in [0.5, 0.6) is 0 Å². The van der Waals surface area contributed by atoms with E-state index in [1.807, 2.05) is 6.07 Å². The predicted molar refractivity (Wildman–Crippen MR) is 78.9 cm³/mol. The molecule has 3 atom stereocenters. The van der Waals surface area contributed by atoms with Crippen LogP contribution in [0.4, 0.5) is 4.79 Å². The van der Waals surface area contributed by atoms with Crippen LogP contribution in [0.1, 0.15) is 5.56 Å². The van der Waals surface area contributed by atoms with Gasteiger partial charge in [-0.05, 0) is 5.56 Å². The molecular weight excluding hydrogens is 348 g/mol. The normalized spacial score (nSPS) is 26.7. The van der Waals surface area contributed by atoms with Gasteiger partial charge in [0, 0.05) is 6.54 Å². The average molecular weight is 361 g/mol. The Morgan fingerprint density at radius 2 is 2.00 bits per heavy atom. The van der Waals surface area contributed by atoms with Crippen LogP contribution in [0.3, 0.4) is 0 Å². The molecule has 23 heavy (non-hydrogen) atoms. The van der Waals surface area contributed by atoms with Crippen LogP contribution in [-0.2, 0) is 26.4 Å². The smallest absolute Gasteiger partial charge is 0.410 e. The second-order valence-corrected chi connectivity index (χ2v) is 7.11. The van der Waals surface area contributed by atoms with E-state index in [1.54, 1.807) is 24.3 Å². The van der Waals surface area contributed by atoms with Crippen molar-refractivity contribution in [2.24, 2.45) is 0 Å². The largest absolute Gasteiger partial charge is 0.445 e. The molecule has 0 spiro atoms. The van der Waals surface area contributed by atoms with Crippen LogP contribution in [0.15, 0.2) is 30.3 Å². The maximum atomic E-state index is 12.1. The van der Waals surface area contributed by atoms with Gasteiger partial charge in [-0.15, -0.1) is 11.6 Å². The van der Waals surface area contributed by atoms with Crippen LogP contribution < -0.4 is 0 Å². The molecule has 1 aromatic rings. The number of β-lactam (4-membered cyclic amide) rings is 1. The van der Waals surface area contributed by atoms with Crippen LogP contribution in [0, 0.1) is 0 Å². The molecule has 0 aliphatic carbocycles. The summed E-state index contributed by atoms with van der Waals surface area (Å²) < 4.78 is 36.8. The molecule has 2 aliphatic rings. The molecule has 1 aromatic carbocycles. The molecule has 124 valence electrons. The highest BCUT2D eigenvalue weighted by atomic mass is 35.5. The lowest BCUT2D eigenvalue weighted by Gasteiger charge is -2.42. The van der Waals surface area contributed by atoms with E-state index in [0.29, 0.717) is 4.31 Å². The molecule has 3 rings (SSSR count). The van der Waals surface area contributed by atoms with Gasteiger partial charge in [0.2, 0.25) is 0 Å². The first-order valence-electron chi connectivity index (χ1n) is 6.73. The van der Waals surface area contributed by atoms with E-state index in [0.717, 1.165) is 10.5 Å². The molecule has 3 unspecified atom stereocenters. The summed E-state index contributed by atoms with van der Waals surface area (Å²) in [5.41, 5.74) is 0.776. The van der Waals surface area contributed by atoms with E-state index in [-0.39, 0.29) is 13.2 Å². The first-order valence-corrected chi connectivity index (χ1v) is 8.56. The van der Waals surface area contributed by atoms with Gasteiger partial charge >= 0.3 is 16.4 Å². The average Bonchev–Trinajstić information content (AvgIpc) is 2.77. The van der Waals surface area contributed by atoms with Crippen molar-refractivity contribution in [1.29, 1.82) is 0 Å². The number of carbonyl (C=O) groups is 2. The van der Waals surface area contributed by atoms with Crippen LogP contribution in [0.2, 0.25) is 0 Å². The molecule has 2 aliphatic heterocycles. The Kier molecular flexibility index (Phi) is 3.95. The van der Waals surface area contributed by atoms with E-state index in [9.17, 15) is 18.0 Å². The van der Waals surface area contributed by atoms with E-state index in [2.05, 4.69) is 0 Å². The van der Waals surface area contributed by atoms with Crippen molar-refractivity contribution < 1.29 is 27.3 Å². The van der Waals surface area contributed by atoms with Gasteiger partial charge in [0.05, 0.1) is 11.4 Å². The summed E-state index contributed by atoms with van der Waals surface area (Å²) in [5, 5.41) is -0.802. The fourth-order valence-electron chi connectivity index (χ4n) is 2.80. The standard InChI is InChI=1S/C13H13ClN2O6S/c14-9-6-15(11-10(9)16(12(11)17)23(19,20)21)13(18)22-7-8-4-2-1-3-5-8/h1-5,9-11H,6-7H2,(H,19,20,21). The number of rotatable bonds is 3. The van der Waals surface area contributed by atoms with Crippen molar-refractivity contribution in [2.75, 3.05) is 6.54 Å². The van der Waals surface area contributed by atoms with E-state index in [1.165, 1.54) is 0 Å². The summed E-state index contributed by atoms with van der Waals surface area (Å²) in [5.74, 6) is -0.891. The van der Waals surface area contributed by atoms with Crippen molar-refractivity contribution in [3.8, 4) is 0 Å². The number of carbonyl (C=O) groups excluding carboxylic acids is 2. The lowest BCUT2D eigenvalue weighted by molar-refractivity contribution is -0.144.